The Balaban J connectivity index is 1.92. The molecule has 0 radical (unpaired) electrons. The minimum Gasteiger partial charge on any atom is -0.298 e. The molecule has 0 aliphatic rings. The van der Waals surface area contributed by atoms with Gasteiger partial charge in [-0.3, -0.25) is 4.79 Å². The number of rotatable bonds is 5. The number of carbonyl (C=O) groups is 1. The first-order valence-electron chi connectivity index (χ1n) is 5.89. The Kier molecular flexibility index (Phi) is 5.15. The molecule has 104 valence electrons. The van der Waals surface area contributed by atoms with Crippen molar-refractivity contribution in [2.24, 2.45) is 0 Å². The van der Waals surface area contributed by atoms with E-state index in [1.165, 1.54) is 30.0 Å². The van der Waals surface area contributed by atoms with Gasteiger partial charge in [-0.05, 0) is 35.9 Å². The second-order valence-corrected chi connectivity index (χ2v) is 5.63. The average Bonchev–Trinajstić information content (AvgIpc) is 2.43. The summed E-state index contributed by atoms with van der Waals surface area (Å²) in [6, 6.07) is 10.5. The average molecular weight is 313 g/mol. The van der Waals surface area contributed by atoms with Gasteiger partial charge in [0, 0.05) is 11.3 Å². The van der Waals surface area contributed by atoms with Crippen molar-refractivity contribution in [1.29, 1.82) is 0 Å². The lowest BCUT2D eigenvalue weighted by Gasteiger charge is -2.04. The molecule has 5 heteroatoms. The molecule has 0 N–H and O–H groups in total. The number of ketones is 1. The van der Waals surface area contributed by atoms with Gasteiger partial charge in [0.2, 0.25) is 0 Å². The van der Waals surface area contributed by atoms with E-state index in [1.54, 1.807) is 24.3 Å². The molecule has 0 atom stereocenters. The van der Waals surface area contributed by atoms with Gasteiger partial charge in [-0.1, -0.05) is 23.7 Å². The summed E-state index contributed by atoms with van der Waals surface area (Å²) in [4.78, 5) is 12.6. The maximum atomic E-state index is 13.6. The van der Waals surface area contributed by atoms with Crippen LogP contribution in [0.15, 0.2) is 47.4 Å². The molecule has 0 saturated heterocycles. The fourth-order valence-corrected chi connectivity index (χ4v) is 2.60. The molecular formula is C15H11ClF2OS. The molecule has 2 aromatic carbocycles. The van der Waals surface area contributed by atoms with Crippen molar-refractivity contribution in [3.8, 4) is 0 Å². The number of Topliss-reactive ketones (excluding diaryl/α,β-unsaturated/α-hetero) is 1. The molecule has 0 unspecified atom stereocenters. The fourth-order valence-electron chi connectivity index (χ4n) is 1.64. The lowest BCUT2D eigenvalue weighted by molar-refractivity contribution is -0.116. The summed E-state index contributed by atoms with van der Waals surface area (Å²) < 4.78 is 26.4. The van der Waals surface area contributed by atoms with Crippen LogP contribution in [0.4, 0.5) is 8.78 Å². The number of benzene rings is 2. The topological polar surface area (TPSA) is 17.1 Å². The Morgan fingerprint density at radius 2 is 1.80 bits per heavy atom. The van der Waals surface area contributed by atoms with Crippen LogP contribution in [0.1, 0.15) is 5.56 Å². The van der Waals surface area contributed by atoms with E-state index < -0.39 is 5.82 Å². The van der Waals surface area contributed by atoms with E-state index in [4.69, 9.17) is 11.6 Å². The summed E-state index contributed by atoms with van der Waals surface area (Å²) in [5.74, 6) is -0.770. The first-order valence-corrected chi connectivity index (χ1v) is 7.25. The van der Waals surface area contributed by atoms with Crippen molar-refractivity contribution in [3.05, 3.63) is 64.7 Å². The van der Waals surface area contributed by atoms with Gasteiger partial charge in [0.25, 0.3) is 0 Å². The lowest BCUT2D eigenvalue weighted by atomic mass is 10.1. The van der Waals surface area contributed by atoms with Gasteiger partial charge in [-0.2, -0.15) is 0 Å². The SMILES string of the molecule is O=C(CSc1ccc(F)cc1)Cc1cccc(Cl)c1F. The van der Waals surface area contributed by atoms with E-state index in [2.05, 4.69) is 0 Å². The largest absolute Gasteiger partial charge is 0.298 e. The zero-order valence-electron chi connectivity index (χ0n) is 10.4. The Labute approximate surface area is 125 Å². The Bertz CT molecular complexity index is 614. The predicted molar refractivity (Wildman–Crippen MR) is 77.2 cm³/mol. The van der Waals surface area contributed by atoms with E-state index in [0.29, 0.717) is 5.56 Å². The molecule has 0 aromatic heterocycles. The number of hydrogen-bond donors (Lipinski definition) is 0. The molecule has 0 aliphatic heterocycles. The third-order valence-electron chi connectivity index (χ3n) is 2.63. The quantitative estimate of drug-likeness (QED) is 0.755. The lowest BCUT2D eigenvalue weighted by Crippen LogP contribution is -2.07. The van der Waals surface area contributed by atoms with Gasteiger partial charge in [-0.25, -0.2) is 8.78 Å². The summed E-state index contributed by atoms with van der Waals surface area (Å²) in [7, 11) is 0. The van der Waals surface area contributed by atoms with E-state index in [-0.39, 0.29) is 28.8 Å². The summed E-state index contributed by atoms with van der Waals surface area (Å²) in [5, 5.41) is 0.0153. The highest BCUT2D eigenvalue weighted by molar-refractivity contribution is 8.00. The van der Waals surface area contributed by atoms with Crippen LogP contribution in [0.2, 0.25) is 5.02 Å². The fraction of sp³-hybridized carbons (Fsp3) is 0.133. The standard InChI is InChI=1S/C15H11ClF2OS/c16-14-3-1-2-10(15(14)18)8-12(19)9-20-13-6-4-11(17)5-7-13/h1-7H,8-9H2. The molecule has 0 aliphatic carbocycles. The Morgan fingerprint density at radius 1 is 1.10 bits per heavy atom. The number of thioether (sulfide) groups is 1. The summed E-state index contributed by atoms with van der Waals surface area (Å²) in [6.45, 7) is 0. The van der Waals surface area contributed by atoms with Crippen molar-refractivity contribution in [2.45, 2.75) is 11.3 Å². The summed E-state index contributed by atoms with van der Waals surface area (Å²) in [5.41, 5.74) is 0.294. The highest BCUT2D eigenvalue weighted by Crippen LogP contribution is 2.21. The van der Waals surface area contributed by atoms with Crippen LogP contribution >= 0.6 is 23.4 Å². The van der Waals surface area contributed by atoms with Gasteiger partial charge in [-0.15, -0.1) is 11.8 Å². The molecule has 0 spiro atoms. The van der Waals surface area contributed by atoms with Crippen molar-refractivity contribution < 1.29 is 13.6 Å². The van der Waals surface area contributed by atoms with Crippen molar-refractivity contribution >= 4 is 29.1 Å². The van der Waals surface area contributed by atoms with Crippen molar-refractivity contribution in [1.82, 2.24) is 0 Å². The van der Waals surface area contributed by atoms with E-state index in [9.17, 15) is 13.6 Å². The first-order chi connectivity index (χ1) is 9.56. The molecule has 0 fully saturated rings. The van der Waals surface area contributed by atoms with Crippen molar-refractivity contribution in [2.75, 3.05) is 5.75 Å². The van der Waals surface area contributed by atoms with Gasteiger partial charge in [0.15, 0.2) is 0 Å². The van der Waals surface area contributed by atoms with E-state index in [0.717, 1.165) is 4.90 Å². The molecule has 20 heavy (non-hydrogen) atoms. The zero-order chi connectivity index (χ0) is 14.5. The zero-order valence-corrected chi connectivity index (χ0v) is 12.0. The summed E-state index contributed by atoms with van der Waals surface area (Å²) in [6.07, 6.45) is 0.000583. The smallest absolute Gasteiger partial charge is 0.147 e. The molecule has 1 nitrogen and oxygen atoms in total. The van der Waals surface area contributed by atoms with Crippen LogP contribution in [0.25, 0.3) is 0 Å². The highest BCUT2D eigenvalue weighted by Gasteiger charge is 2.11. The van der Waals surface area contributed by atoms with Crippen LogP contribution in [0.5, 0.6) is 0 Å². The first kappa shape index (κ1) is 15.0. The van der Waals surface area contributed by atoms with Gasteiger partial charge in [0.05, 0.1) is 10.8 Å². The van der Waals surface area contributed by atoms with Gasteiger partial charge < -0.3 is 0 Å². The van der Waals surface area contributed by atoms with Crippen molar-refractivity contribution in [3.63, 3.8) is 0 Å². The van der Waals surface area contributed by atoms with Crippen LogP contribution in [-0.2, 0) is 11.2 Å². The van der Waals surface area contributed by atoms with E-state index in [1.807, 2.05) is 0 Å². The van der Waals surface area contributed by atoms with E-state index >= 15 is 0 Å². The number of halogens is 3. The predicted octanol–water partition coefficient (Wildman–Crippen LogP) is 4.52. The van der Waals surface area contributed by atoms with Crippen LogP contribution < -0.4 is 0 Å². The second-order valence-electron chi connectivity index (χ2n) is 4.17. The second kappa shape index (κ2) is 6.86. The number of hydrogen-bond acceptors (Lipinski definition) is 2. The van der Waals surface area contributed by atoms with Crippen LogP contribution in [0.3, 0.4) is 0 Å². The highest BCUT2D eigenvalue weighted by atomic mass is 35.5. The van der Waals surface area contributed by atoms with Crippen LogP contribution in [0, 0.1) is 11.6 Å². The Morgan fingerprint density at radius 3 is 2.50 bits per heavy atom. The minimum absolute atomic E-state index is 0.000583. The Hall–Kier alpha value is -1.39. The maximum Gasteiger partial charge on any atom is 0.147 e. The van der Waals surface area contributed by atoms with Gasteiger partial charge >= 0.3 is 0 Å². The normalized spacial score (nSPS) is 10.6. The summed E-state index contributed by atoms with van der Waals surface area (Å²) >= 11 is 6.95. The van der Waals surface area contributed by atoms with Gasteiger partial charge in [0.1, 0.15) is 17.4 Å². The number of carbonyl (C=O) groups excluding carboxylic acids is 1. The minimum atomic E-state index is -0.547. The molecule has 0 amide bonds. The van der Waals surface area contributed by atoms with Crippen LogP contribution in [-0.4, -0.2) is 11.5 Å². The molecular weight excluding hydrogens is 302 g/mol. The monoisotopic (exact) mass is 312 g/mol. The molecule has 2 rings (SSSR count). The third-order valence-corrected chi connectivity index (χ3v) is 4.00. The molecule has 0 bridgehead atoms. The molecule has 0 heterocycles. The maximum absolute atomic E-state index is 13.6. The molecule has 0 saturated carbocycles. The molecule has 2 aromatic rings. The third kappa shape index (κ3) is 4.05.